The zero-order valence-corrected chi connectivity index (χ0v) is 16.4. The van der Waals surface area contributed by atoms with Crippen LogP contribution in [0.4, 0.5) is 0 Å². The number of hydrogen-bond acceptors (Lipinski definition) is 4. The van der Waals surface area contributed by atoms with Crippen LogP contribution in [0.25, 0.3) is 28.2 Å². The van der Waals surface area contributed by atoms with E-state index in [0.29, 0.717) is 23.3 Å². The predicted octanol–water partition coefficient (Wildman–Crippen LogP) is 5.63. The Morgan fingerprint density at radius 3 is 2.37 bits per heavy atom. The minimum atomic E-state index is 0.400. The first-order valence-corrected chi connectivity index (χ1v) is 9.35. The number of rotatable bonds is 4. The van der Waals surface area contributed by atoms with E-state index in [2.05, 4.69) is 65.4 Å². The summed E-state index contributed by atoms with van der Waals surface area (Å²) in [5, 5.41) is 0. The van der Waals surface area contributed by atoms with Gasteiger partial charge in [-0.2, -0.15) is 0 Å². The first kappa shape index (κ1) is 17.5. The molecule has 5 heteroatoms. The van der Waals surface area contributed by atoms with Crippen molar-refractivity contribution in [1.82, 2.24) is 19.5 Å². The van der Waals surface area contributed by atoms with Gasteiger partial charge in [0, 0.05) is 25.5 Å². The fraction of sp³-hybridized carbons (Fsp3) is 0.318. The van der Waals surface area contributed by atoms with Crippen LogP contribution >= 0.6 is 0 Å². The quantitative estimate of drug-likeness (QED) is 0.473. The number of benzene rings is 1. The van der Waals surface area contributed by atoms with E-state index in [1.165, 1.54) is 16.8 Å². The number of nitrogens with zero attached hydrogens (tertiary/aromatic N) is 4. The summed E-state index contributed by atoms with van der Waals surface area (Å²) in [4.78, 5) is 13.6. The summed E-state index contributed by atoms with van der Waals surface area (Å²) in [6, 6.07) is 6.55. The third-order valence-electron chi connectivity index (χ3n) is 4.88. The van der Waals surface area contributed by atoms with Crippen molar-refractivity contribution in [2.75, 3.05) is 0 Å². The molecule has 0 unspecified atom stereocenters. The van der Waals surface area contributed by atoms with Crippen molar-refractivity contribution >= 4 is 11.1 Å². The van der Waals surface area contributed by atoms with Crippen LogP contribution in [0.2, 0.25) is 0 Å². The average molecular weight is 360 g/mol. The van der Waals surface area contributed by atoms with E-state index in [4.69, 9.17) is 4.42 Å². The van der Waals surface area contributed by atoms with E-state index in [0.717, 1.165) is 16.9 Å². The van der Waals surface area contributed by atoms with Crippen LogP contribution in [0.3, 0.4) is 0 Å². The van der Waals surface area contributed by atoms with Crippen molar-refractivity contribution in [3.8, 4) is 17.1 Å². The lowest BCUT2D eigenvalue weighted by atomic mass is 9.92. The number of para-hydroxylation sites is 1. The molecule has 0 saturated heterocycles. The molecule has 3 aromatic heterocycles. The van der Waals surface area contributed by atoms with Crippen molar-refractivity contribution in [1.29, 1.82) is 0 Å². The van der Waals surface area contributed by atoms with Crippen LogP contribution in [0, 0.1) is 6.92 Å². The van der Waals surface area contributed by atoms with Crippen molar-refractivity contribution in [3.63, 3.8) is 0 Å². The molecule has 0 aliphatic carbocycles. The van der Waals surface area contributed by atoms with Gasteiger partial charge in [-0.1, -0.05) is 45.9 Å². The number of imidazole rings is 1. The predicted molar refractivity (Wildman–Crippen MR) is 107 cm³/mol. The van der Waals surface area contributed by atoms with Gasteiger partial charge >= 0.3 is 0 Å². The highest BCUT2D eigenvalue weighted by atomic mass is 16.3. The van der Waals surface area contributed by atoms with Crippen molar-refractivity contribution in [2.24, 2.45) is 0 Å². The van der Waals surface area contributed by atoms with Gasteiger partial charge in [-0.15, -0.1) is 0 Å². The second kappa shape index (κ2) is 6.65. The molecule has 27 heavy (non-hydrogen) atoms. The third-order valence-corrected chi connectivity index (χ3v) is 4.88. The van der Waals surface area contributed by atoms with Crippen LogP contribution in [0.1, 0.15) is 56.5 Å². The molecule has 0 N–H and O–H groups in total. The first-order valence-electron chi connectivity index (χ1n) is 9.35. The van der Waals surface area contributed by atoms with Crippen molar-refractivity contribution in [2.45, 2.75) is 46.5 Å². The number of fused-ring (bicyclic) bond motifs is 1. The molecule has 4 rings (SSSR count). The van der Waals surface area contributed by atoms with Gasteiger partial charge in [0.25, 0.3) is 0 Å². The summed E-state index contributed by atoms with van der Waals surface area (Å²) < 4.78 is 7.84. The molecule has 0 fully saturated rings. The number of aromatic nitrogens is 4. The summed E-state index contributed by atoms with van der Waals surface area (Å²) in [6.07, 6.45) is 7.38. The number of oxazole rings is 1. The van der Waals surface area contributed by atoms with Gasteiger partial charge in [0.15, 0.2) is 11.5 Å². The molecule has 5 nitrogen and oxygen atoms in total. The molecule has 0 atom stereocenters. The molecule has 3 heterocycles. The Hall–Kier alpha value is -2.95. The summed E-state index contributed by atoms with van der Waals surface area (Å²) in [7, 11) is 0. The smallest absolute Gasteiger partial charge is 0.192 e. The van der Waals surface area contributed by atoms with Crippen LogP contribution in [-0.2, 0) is 0 Å². The van der Waals surface area contributed by atoms with Crippen LogP contribution in [-0.4, -0.2) is 19.5 Å². The van der Waals surface area contributed by atoms with E-state index in [1.807, 2.05) is 25.5 Å². The maximum atomic E-state index is 5.67. The van der Waals surface area contributed by atoms with E-state index < -0.39 is 0 Å². The summed E-state index contributed by atoms with van der Waals surface area (Å²) >= 11 is 0. The molecule has 1 aromatic carbocycles. The Balaban J connectivity index is 2.01. The standard InChI is InChI=1S/C22H24N4O/c1-13(2)16-7-6-8-17(14(3)4)21(16)26-10-9-24-22(26)18-11-23-12-19-20(18)25-15(5)27-19/h6-14H,1-5H3. The first-order chi connectivity index (χ1) is 13.0. The number of pyridine rings is 1. The Morgan fingerprint density at radius 2 is 1.70 bits per heavy atom. The van der Waals surface area contributed by atoms with Gasteiger partial charge in [0.2, 0.25) is 0 Å². The molecule has 0 radical (unpaired) electrons. The molecular formula is C22H24N4O. The van der Waals surface area contributed by atoms with Crippen molar-refractivity contribution < 1.29 is 4.42 Å². The normalized spacial score (nSPS) is 11.8. The van der Waals surface area contributed by atoms with Gasteiger partial charge in [0.05, 0.1) is 17.4 Å². The highest BCUT2D eigenvalue weighted by Gasteiger charge is 2.20. The lowest BCUT2D eigenvalue weighted by Crippen LogP contribution is -2.08. The van der Waals surface area contributed by atoms with E-state index >= 15 is 0 Å². The highest BCUT2D eigenvalue weighted by Crippen LogP contribution is 2.35. The maximum absolute atomic E-state index is 5.67. The molecule has 0 aliphatic heterocycles. The fourth-order valence-corrected chi connectivity index (χ4v) is 3.60. The summed E-state index contributed by atoms with van der Waals surface area (Å²) in [5.41, 5.74) is 6.16. The topological polar surface area (TPSA) is 56.7 Å². The number of aryl methyl sites for hydroxylation is 1. The minimum Gasteiger partial charge on any atom is -0.439 e. The van der Waals surface area contributed by atoms with Gasteiger partial charge in [-0.05, 0) is 23.0 Å². The van der Waals surface area contributed by atoms with Gasteiger partial charge < -0.3 is 4.42 Å². The molecule has 0 saturated carbocycles. The second-order valence-electron chi connectivity index (χ2n) is 7.48. The van der Waals surface area contributed by atoms with Gasteiger partial charge in [-0.25, -0.2) is 9.97 Å². The van der Waals surface area contributed by atoms with Gasteiger partial charge in [0.1, 0.15) is 11.3 Å². The molecule has 0 bridgehead atoms. The molecular weight excluding hydrogens is 336 g/mol. The van der Waals surface area contributed by atoms with E-state index in [9.17, 15) is 0 Å². The Labute approximate surface area is 159 Å². The highest BCUT2D eigenvalue weighted by molar-refractivity contribution is 5.88. The van der Waals surface area contributed by atoms with Crippen LogP contribution < -0.4 is 0 Å². The third kappa shape index (κ3) is 2.93. The monoisotopic (exact) mass is 360 g/mol. The second-order valence-corrected chi connectivity index (χ2v) is 7.48. The van der Waals surface area contributed by atoms with Crippen LogP contribution in [0.5, 0.6) is 0 Å². The largest absolute Gasteiger partial charge is 0.439 e. The maximum Gasteiger partial charge on any atom is 0.192 e. The summed E-state index contributed by atoms with van der Waals surface area (Å²) in [5.74, 6) is 2.26. The Bertz CT molecular complexity index is 1080. The lowest BCUT2D eigenvalue weighted by Gasteiger charge is -2.21. The fourth-order valence-electron chi connectivity index (χ4n) is 3.60. The van der Waals surface area contributed by atoms with Crippen LogP contribution in [0.15, 0.2) is 47.4 Å². The van der Waals surface area contributed by atoms with E-state index in [-0.39, 0.29) is 0 Å². The molecule has 0 spiro atoms. The SMILES string of the molecule is Cc1nc2c(-c3nccn3-c3c(C(C)C)cccc3C(C)C)cncc2o1. The average Bonchev–Trinajstić information content (AvgIpc) is 3.25. The Kier molecular flexibility index (Phi) is 4.30. The number of hydrogen-bond donors (Lipinski definition) is 0. The van der Waals surface area contributed by atoms with Crippen molar-refractivity contribution in [3.05, 3.63) is 60.0 Å². The Morgan fingerprint density at radius 1 is 1.00 bits per heavy atom. The molecule has 138 valence electrons. The zero-order valence-electron chi connectivity index (χ0n) is 16.4. The summed E-state index contributed by atoms with van der Waals surface area (Å²) in [6.45, 7) is 10.7. The molecule has 0 amide bonds. The lowest BCUT2D eigenvalue weighted by molar-refractivity contribution is 0.560. The molecule has 4 aromatic rings. The molecule has 0 aliphatic rings. The zero-order chi connectivity index (χ0) is 19.1. The van der Waals surface area contributed by atoms with Gasteiger partial charge in [-0.3, -0.25) is 9.55 Å². The minimum absolute atomic E-state index is 0.400. The van der Waals surface area contributed by atoms with E-state index in [1.54, 1.807) is 6.20 Å².